The summed E-state index contributed by atoms with van der Waals surface area (Å²) < 4.78 is 2.93. The number of hydrogen-bond acceptors (Lipinski definition) is 4. The van der Waals surface area contributed by atoms with Crippen molar-refractivity contribution in [3.8, 4) is 5.69 Å². The fraction of sp³-hybridized carbons (Fsp3) is 0.174. The molecule has 0 saturated carbocycles. The van der Waals surface area contributed by atoms with Gasteiger partial charge in [-0.3, -0.25) is 4.90 Å². The molecule has 3 aromatic carbocycles. The maximum atomic E-state index is 4.44. The molecule has 0 spiro atoms. The third-order valence-electron chi connectivity index (χ3n) is 4.98. The van der Waals surface area contributed by atoms with Crippen molar-refractivity contribution in [3.05, 3.63) is 106 Å². The molecule has 0 saturated heterocycles. The Balaban J connectivity index is 1.76. The molecule has 0 aliphatic rings. The van der Waals surface area contributed by atoms with Gasteiger partial charge in [-0.25, -0.2) is 0 Å². The van der Waals surface area contributed by atoms with E-state index >= 15 is 0 Å². The number of hydrogen-bond donors (Lipinski definition) is 0. The fourth-order valence-electron chi connectivity index (χ4n) is 3.54. The minimum atomic E-state index is -0.0885. The number of rotatable bonds is 6. The lowest BCUT2D eigenvalue weighted by atomic mass is 10.0. The number of nitrogens with zero attached hydrogens (tertiary/aromatic N) is 5. The van der Waals surface area contributed by atoms with Gasteiger partial charge in [0.1, 0.15) is 0 Å². The highest BCUT2D eigenvalue weighted by Crippen LogP contribution is 2.29. The van der Waals surface area contributed by atoms with Crippen molar-refractivity contribution < 1.29 is 0 Å². The van der Waals surface area contributed by atoms with E-state index in [9.17, 15) is 0 Å². The molecular weight excluding hydrogens is 426 g/mol. The van der Waals surface area contributed by atoms with Gasteiger partial charge in [-0.1, -0.05) is 76.6 Å². The topological polar surface area (TPSA) is 46.8 Å². The normalized spacial score (nSPS) is 12.3. The Hall–Kier alpha value is -2.83. The summed E-state index contributed by atoms with van der Waals surface area (Å²) in [4.78, 5) is 2.28. The van der Waals surface area contributed by atoms with Gasteiger partial charge in [-0.15, -0.1) is 5.10 Å². The summed E-state index contributed by atoms with van der Waals surface area (Å²) in [7, 11) is 2.11. The largest absolute Gasteiger partial charge is 0.288 e. The van der Waals surface area contributed by atoms with Gasteiger partial charge >= 0.3 is 0 Å². The first-order valence-corrected chi connectivity index (χ1v) is 10.3. The first-order valence-electron chi connectivity index (χ1n) is 9.47. The lowest BCUT2D eigenvalue weighted by molar-refractivity contribution is 0.258. The van der Waals surface area contributed by atoms with E-state index in [0.717, 1.165) is 33.7 Å². The lowest BCUT2D eigenvalue weighted by Gasteiger charge is -2.28. The molecule has 0 fully saturated rings. The molecule has 4 rings (SSSR count). The molecule has 1 aromatic heterocycles. The third-order valence-corrected chi connectivity index (χ3v) is 5.51. The number of para-hydroxylation sites is 1. The molecule has 0 amide bonds. The highest BCUT2D eigenvalue weighted by molar-refractivity contribution is 9.10. The molecule has 1 heterocycles. The van der Waals surface area contributed by atoms with Crippen LogP contribution in [0, 0.1) is 6.92 Å². The molecule has 6 heteroatoms. The van der Waals surface area contributed by atoms with Crippen LogP contribution in [0.25, 0.3) is 5.69 Å². The number of tetrazole rings is 1. The van der Waals surface area contributed by atoms with E-state index in [4.69, 9.17) is 0 Å². The van der Waals surface area contributed by atoms with E-state index in [-0.39, 0.29) is 6.04 Å². The summed E-state index contributed by atoms with van der Waals surface area (Å²) in [6, 6.07) is 26.9. The Kier molecular flexibility index (Phi) is 5.83. The van der Waals surface area contributed by atoms with Crippen LogP contribution < -0.4 is 0 Å². The van der Waals surface area contributed by atoms with Crippen LogP contribution in [0.4, 0.5) is 0 Å². The highest BCUT2D eigenvalue weighted by atomic mass is 79.9. The van der Waals surface area contributed by atoms with Gasteiger partial charge < -0.3 is 0 Å². The van der Waals surface area contributed by atoms with Gasteiger partial charge in [0.25, 0.3) is 0 Å². The minimum Gasteiger partial charge on any atom is -0.288 e. The van der Waals surface area contributed by atoms with Gasteiger partial charge in [-0.05, 0) is 59.3 Å². The first kappa shape index (κ1) is 19.5. The van der Waals surface area contributed by atoms with Crippen LogP contribution in [0.2, 0.25) is 0 Å². The molecule has 146 valence electrons. The molecule has 0 unspecified atom stereocenters. The molecule has 0 N–H and O–H groups in total. The Morgan fingerprint density at radius 2 is 1.62 bits per heavy atom. The predicted molar refractivity (Wildman–Crippen MR) is 118 cm³/mol. The Morgan fingerprint density at radius 3 is 2.34 bits per heavy atom. The molecule has 29 heavy (non-hydrogen) atoms. The van der Waals surface area contributed by atoms with Crippen LogP contribution in [0.5, 0.6) is 0 Å². The number of aryl methyl sites for hydroxylation is 1. The summed E-state index contributed by atoms with van der Waals surface area (Å²) in [5.74, 6) is 0.796. The van der Waals surface area contributed by atoms with Crippen molar-refractivity contribution >= 4 is 15.9 Å². The quantitative estimate of drug-likeness (QED) is 0.419. The smallest absolute Gasteiger partial charge is 0.178 e. The van der Waals surface area contributed by atoms with E-state index in [1.807, 2.05) is 28.9 Å². The zero-order chi connectivity index (χ0) is 20.2. The van der Waals surface area contributed by atoms with Crippen LogP contribution in [-0.4, -0.2) is 32.2 Å². The number of halogens is 1. The van der Waals surface area contributed by atoms with Gasteiger partial charge in [-0.2, -0.15) is 4.68 Å². The Bertz CT molecular complexity index is 1080. The average Bonchev–Trinajstić information content (AvgIpc) is 3.20. The first-order chi connectivity index (χ1) is 14.1. The molecule has 4 aromatic rings. The number of benzene rings is 3. The standard InChI is InChI=1S/C23H22BrN5/c1-17-8-6-7-11-21(17)29-23(25-26-27-29)22(19-9-4-3-5-10-19)28(2)16-18-12-14-20(24)15-13-18/h3-15,22H,16H2,1-2H3/t22-/m0/s1. The number of aromatic nitrogens is 4. The summed E-state index contributed by atoms with van der Waals surface area (Å²) in [6.45, 7) is 2.84. The molecule has 0 aliphatic carbocycles. The molecule has 0 aliphatic heterocycles. The van der Waals surface area contributed by atoms with E-state index < -0.39 is 0 Å². The maximum absolute atomic E-state index is 4.44. The second-order valence-corrected chi connectivity index (χ2v) is 8.01. The summed E-state index contributed by atoms with van der Waals surface area (Å²) in [6.07, 6.45) is 0. The molecule has 0 bridgehead atoms. The van der Waals surface area contributed by atoms with Gasteiger partial charge in [0.05, 0.1) is 11.7 Å². The van der Waals surface area contributed by atoms with Gasteiger partial charge in [0.2, 0.25) is 0 Å². The molecule has 5 nitrogen and oxygen atoms in total. The monoisotopic (exact) mass is 447 g/mol. The fourth-order valence-corrected chi connectivity index (χ4v) is 3.81. The minimum absolute atomic E-state index is 0.0885. The zero-order valence-electron chi connectivity index (χ0n) is 16.4. The SMILES string of the molecule is Cc1ccccc1-n1nnnc1[C@H](c1ccccc1)N(C)Cc1ccc(Br)cc1. The second kappa shape index (κ2) is 8.68. The molecule has 1 atom stereocenters. The maximum Gasteiger partial charge on any atom is 0.178 e. The van der Waals surface area contributed by atoms with Crippen molar-refractivity contribution in [1.29, 1.82) is 0 Å². The molecule has 0 radical (unpaired) electrons. The summed E-state index contributed by atoms with van der Waals surface area (Å²) in [5.41, 5.74) is 4.50. The van der Waals surface area contributed by atoms with Crippen LogP contribution in [-0.2, 0) is 6.54 Å². The van der Waals surface area contributed by atoms with Crippen LogP contribution in [0.15, 0.2) is 83.3 Å². The second-order valence-electron chi connectivity index (χ2n) is 7.09. The summed E-state index contributed by atoms with van der Waals surface area (Å²) >= 11 is 3.51. The van der Waals surface area contributed by atoms with Crippen molar-refractivity contribution in [1.82, 2.24) is 25.1 Å². The highest BCUT2D eigenvalue weighted by Gasteiger charge is 2.26. The van der Waals surface area contributed by atoms with Gasteiger partial charge in [0, 0.05) is 11.0 Å². The van der Waals surface area contributed by atoms with E-state index in [2.05, 4.69) is 105 Å². The van der Waals surface area contributed by atoms with Crippen LogP contribution in [0.1, 0.15) is 28.6 Å². The van der Waals surface area contributed by atoms with Crippen LogP contribution >= 0.6 is 15.9 Å². The zero-order valence-corrected chi connectivity index (χ0v) is 18.0. The lowest BCUT2D eigenvalue weighted by Crippen LogP contribution is -2.28. The van der Waals surface area contributed by atoms with Gasteiger partial charge in [0.15, 0.2) is 5.82 Å². The van der Waals surface area contributed by atoms with Crippen molar-refractivity contribution in [2.75, 3.05) is 7.05 Å². The average molecular weight is 448 g/mol. The Morgan fingerprint density at radius 1 is 0.931 bits per heavy atom. The Labute approximate surface area is 179 Å². The van der Waals surface area contributed by atoms with Crippen molar-refractivity contribution in [2.45, 2.75) is 19.5 Å². The predicted octanol–water partition coefficient (Wildman–Crippen LogP) is 4.95. The van der Waals surface area contributed by atoms with Crippen LogP contribution in [0.3, 0.4) is 0 Å². The van der Waals surface area contributed by atoms with Crippen molar-refractivity contribution in [2.24, 2.45) is 0 Å². The van der Waals surface area contributed by atoms with E-state index in [1.54, 1.807) is 0 Å². The third kappa shape index (κ3) is 4.28. The van der Waals surface area contributed by atoms with Crippen molar-refractivity contribution in [3.63, 3.8) is 0 Å². The molecular formula is C23H22BrN5. The van der Waals surface area contributed by atoms with E-state index in [0.29, 0.717) is 0 Å². The van der Waals surface area contributed by atoms with E-state index in [1.165, 1.54) is 5.56 Å². The summed E-state index contributed by atoms with van der Waals surface area (Å²) in [5, 5.41) is 12.8.